The zero-order valence-electron chi connectivity index (χ0n) is 15.5. The minimum absolute atomic E-state index is 0.209. The van der Waals surface area contributed by atoms with Crippen LogP contribution in [0.4, 0.5) is 0 Å². The summed E-state index contributed by atoms with van der Waals surface area (Å²) in [4.78, 5) is 6.85. The Morgan fingerprint density at radius 2 is 2.16 bits per heavy atom. The van der Waals surface area contributed by atoms with Crippen LogP contribution in [0.2, 0.25) is 0 Å². The molecule has 1 aromatic carbocycles. The largest absolute Gasteiger partial charge is 0.390 e. The molecule has 2 N–H and O–H groups in total. The number of rotatable bonds is 7. The Morgan fingerprint density at radius 1 is 1.36 bits per heavy atom. The number of aryl methyl sites for hydroxylation is 2. The van der Waals surface area contributed by atoms with Gasteiger partial charge in [-0.3, -0.25) is 4.90 Å². The van der Waals surface area contributed by atoms with Crippen molar-refractivity contribution in [3.8, 4) is 0 Å². The number of likely N-dealkylation sites (N-methyl/N-ethyl adjacent to an activating group) is 1. The topological polar surface area (TPSA) is 62.6 Å². The molecule has 0 unspecified atom stereocenters. The van der Waals surface area contributed by atoms with Crippen molar-refractivity contribution in [3.05, 3.63) is 29.6 Å². The van der Waals surface area contributed by atoms with Gasteiger partial charge in [-0.2, -0.15) is 0 Å². The molecular formula is C19H30N4O2. The number of hydrogen-bond donors (Lipinski definition) is 2. The van der Waals surface area contributed by atoms with Crippen molar-refractivity contribution in [2.45, 2.75) is 39.5 Å². The van der Waals surface area contributed by atoms with Crippen molar-refractivity contribution in [2.75, 3.05) is 39.3 Å². The summed E-state index contributed by atoms with van der Waals surface area (Å²) < 4.78 is 7.81. The molecule has 6 nitrogen and oxygen atoms in total. The second-order valence-electron chi connectivity index (χ2n) is 7.02. The lowest BCUT2D eigenvalue weighted by Crippen LogP contribution is -2.47. The first kappa shape index (κ1) is 18.3. The molecule has 1 aliphatic rings. The highest BCUT2D eigenvalue weighted by atomic mass is 16.5. The van der Waals surface area contributed by atoms with Crippen LogP contribution in [0.5, 0.6) is 0 Å². The lowest BCUT2D eigenvalue weighted by Gasteiger charge is -2.32. The molecule has 1 aliphatic heterocycles. The van der Waals surface area contributed by atoms with Crippen LogP contribution < -0.4 is 5.32 Å². The number of hydrogen-bond acceptors (Lipinski definition) is 5. The van der Waals surface area contributed by atoms with Crippen LogP contribution >= 0.6 is 0 Å². The number of nitrogens with zero attached hydrogens (tertiary/aromatic N) is 3. The fourth-order valence-corrected chi connectivity index (χ4v) is 3.35. The fraction of sp³-hybridized carbons (Fsp3) is 0.632. The van der Waals surface area contributed by atoms with E-state index in [9.17, 15) is 5.11 Å². The molecule has 1 aromatic heterocycles. The summed E-state index contributed by atoms with van der Waals surface area (Å²) in [5.74, 6) is 0. The Balaban J connectivity index is 1.49. The Bertz CT molecular complexity index is 700. The second kappa shape index (κ2) is 8.27. The van der Waals surface area contributed by atoms with Gasteiger partial charge >= 0.3 is 0 Å². The van der Waals surface area contributed by atoms with Crippen molar-refractivity contribution in [1.29, 1.82) is 0 Å². The van der Waals surface area contributed by atoms with Crippen LogP contribution in [0.3, 0.4) is 0 Å². The van der Waals surface area contributed by atoms with Crippen LogP contribution in [-0.4, -0.2) is 71.1 Å². The summed E-state index contributed by atoms with van der Waals surface area (Å²) in [5.41, 5.74) is 4.56. The molecule has 2 aromatic rings. The smallest absolute Gasteiger partial charge is 0.0959 e. The van der Waals surface area contributed by atoms with Crippen molar-refractivity contribution >= 4 is 11.0 Å². The first-order valence-electron chi connectivity index (χ1n) is 9.21. The van der Waals surface area contributed by atoms with Crippen molar-refractivity contribution in [1.82, 2.24) is 19.8 Å². The van der Waals surface area contributed by atoms with Crippen molar-refractivity contribution in [3.63, 3.8) is 0 Å². The van der Waals surface area contributed by atoms with Crippen LogP contribution in [0.1, 0.15) is 18.1 Å². The molecule has 0 spiro atoms. The van der Waals surface area contributed by atoms with E-state index in [4.69, 9.17) is 4.74 Å². The standard InChI is InChI=1S/C19H30N4O2/c1-4-22-5-6-25-17(12-22)10-20-9-16(24)11-23-13-21-18-7-14(2)15(3)8-19(18)23/h7-8,13,16-17,20,24H,4-6,9-12H2,1-3H3/t16-,17-/m0/s1. The fourth-order valence-electron chi connectivity index (χ4n) is 3.35. The van der Waals surface area contributed by atoms with E-state index in [1.54, 1.807) is 0 Å². The van der Waals surface area contributed by atoms with Gasteiger partial charge in [0.25, 0.3) is 0 Å². The van der Waals surface area contributed by atoms with Gasteiger partial charge in [-0.15, -0.1) is 0 Å². The highest BCUT2D eigenvalue weighted by Gasteiger charge is 2.19. The van der Waals surface area contributed by atoms with E-state index >= 15 is 0 Å². The van der Waals surface area contributed by atoms with Gasteiger partial charge in [0, 0.05) is 26.2 Å². The maximum absolute atomic E-state index is 10.4. The molecule has 1 fully saturated rings. The van der Waals surface area contributed by atoms with Crippen molar-refractivity contribution in [2.24, 2.45) is 0 Å². The van der Waals surface area contributed by atoms with Crippen LogP contribution in [0, 0.1) is 13.8 Å². The summed E-state index contributed by atoms with van der Waals surface area (Å²) in [6, 6.07) is 4.25. The van der Waals surface area contributed by atoms with E-state index in [1.165, 1.54) is 11.1 Å². The Kier molecular flexibility index (Phi) is 6.06. The minimum Gasteiger partial charge on any atom is -0.390 e. The summed E-state index contributed by atoms with van der Waals surface area (Å²) in [5, 5.41) is 13.7. The van der Waals surface area contributed by atoms with E-state index in [-0.39, 0.29) is 6.10 Å². The van der Waals surface area contributed by atoms with E-state index in [2.05, 4.69) is 48.1 Å². The number of aromatic nitrogens is 2. The predicted octanol–water partition coefficient (Wildman–Crippen LogP) is 1.32. The molecule has 6 heteroatoms. The number of benzene rings is 1. The summed E-state index contributed by atoms with van der Waals surface area (Å²) >= 11 is 0. The Labute approximate surface area is 149 Å². The van der Waals surface area contributed by atoms with Gasteiger partial charge < -0.3 is 19.7 Å². The monoisotopic (exact) mass is 346 g/mol. The lowest BCUT2D eigenvalue weighted by molar-refractivity contribution is -0.0263. The van der Waals surface area contributed by atoms with Crippen molar-refractivity contribution < 1.29 is 9.84 Å². The number of ether oxygens (including phenoxy) is 1. The number of aliphatic hydroxyl groups excluding tert-OH is 1. The summed E-state index contributed by atoms with van der Waals surface area (Å²) in [6.45, 7) is 12.1. The molecule has 138 valence electrons. The van der Waals surface area contributed by atoms with Gasteiger partial charge in [0.1, 0.15) is 0 Å². The van der Waals surface area contributed by atoms with E-state index in [0.29, 0.717) is 13.1 Å². The van der Waals surface area contributed by atoms with Gasteiger partial charge in [-0.25, -0.2) is 4.98 Å². The molecular weight excluding hydrogens is 316 g/mol. The van der Waals surface area contributed by atoms with E-state index < -0.39 is 6.10 Å². The van der Waals surface area contributed by atoms with Crippen LogP contribution in [0.25, 0.3) is 11.0 Å². The summed E-state index contributed by atoms with van der Waals surface area (Å²) in [6.07, 6.45) is 1.57. The van der Waals surface area contributed by atoms with Gasteiger partial charge in [-0.1, -0.05) is 6.92 Å². The highest BCUT2D eigenvalue weighted by molar-refractivity contribution is 5.77. The molecule has 0 aliphatic carbocycles. The normalized spacial score (nSPS) is 20.2. The third kappa shape index (κ3) is 4.58. The predicted molar refractivity (Wildman–Crippen MR) is 99.9 cm³/mol. The van der Waals surface area contributed by atoms with Gasteiger partial charge in [-0.05, 0) is 43.7 Å². The first-order valence-corrected chi connectivity index (χ1v) is 9.21. The number of morpholine rings is 1. The molecule has 1 saturated heterocycles. The lowest BCUT2D eigenvalue weighted by atomic mass is 10.1. The van der Waals surface area contributed by atoms with Gasteiger partial charge in [0.15, 0.2) is 0 Å². The summed E-state index contributed by atoms with van der Waals surface area (Å²) in [7, 11) is 0. The van der Waals surface area contributed by atoms with E-state index in [0.717, 1.165) is 43.8 Å². The van der Waals surface area contributed by atoms with Gasteiger partial charge in [0.05, 0.1) is 42.7 Å². The average molecular weight is 346 g/mol. The maximum Gasteiger partial charge on any atom is 0.0959 e. The first-order chi connectivity index (χ1) is 12.1. The molecule has 0 bridgehead atoms. The average Bonchev–Trinajstić information content (AvgIpc) is 2.97. The Hall–Kier alpha value is -1.47. The van der Waals surface area contributed by atoms with Gasteiger partial charge in [0.2, 0.25) is 0 Å². The molecule has 0 amide bonds. The number of imidazole rings is 1. The van der Waals surface area contributed by atoms with Crippen LogP contribution in [0.15, 0.2) is 18.5 Å². The quantitative estimate of drug-likeness (QED) is 0.792. The molecule has 2 heterocycles. The third-order valence-corrected chi connectivity index (χ3v) is 5.07. The zero-order chi connectivity index (χ0) is 17.8. The third-order valence-electron chi connectivity index (χ3n) is 5.07. The number of nitrogens with one attached hydrogen (secondary N) is 1. The maximum atomic E-state index is 10.4. The number of fused-ring (bicyclic) bond motifs is 1. The molecule has 0 saturated carbocycles. The molecule has 2 atom stereocenters. The van der Waals surface area contributed by atoms with Crippen LogP contribution in [-0.2, 0) is 11.3 Å². The van der Waals surface area contributed by atoms with E-state index in [1.807, 2.05) is 10.9 Å². The molecule has 3 rings (SSSR count). The second-order valence-corrected chi connectivity index (χ2v) is 7.02. The zero-order valence-corrected chi connectivity index (χ0v) is 15.5. The SMILES string of the molecule is CCN1CCO[C@@H](CNC[C@H](O)Cn2cnc3cc(C)c(C)cc32)C1. The number of aliphatic hydroxyl groups is 1. The minimum atomic E-state index is -0.454. The molecule has 25 heavy (non-hydrogen) atoms. The highest BCUT2D eigenvalue weighted by Crippen LogP contribution is 2.18. The molecule has 0 radical (unpaired) electrons. The Morgan fingerprint density at radius 3 is 2.96 bits per heavy atom.